The van der Waals surface area contributed by atoms with Crippen LogP contribution < -0.4 is 10.2 Å². The summed E-state index contributed by atoms with van der Waals surface area (Å²) in [5.74, 6) is 0.726. The minimum Gasteiger partial charge on any atom is -0.432 e. The van der Waals surface area contributed by atoms with Gasteiger partial charge in [-0.1, -0.05) is 6.92 Å². The minimum absolute atomic E-state index is 0.726. The van der Waals surface area contributed by atoms with Crippen molar-refractivity contribution in [3.63, 3.8) is 0 Å². The van der Waals surface area contributed by atoms with Crippen molar-refractivity contribution in [3.05, 3.63) is 12.0 Å². The maximum Gasteiger partial charge on any atom is 0.297 e. The Morgan fingerprint density at radius 2 is 2.44 bits per heavy atom. The van der Waals surface area contributed by atoms with Crippen molar-refractivity contribution in [1.29, 1.82) is 0 Å². The minimum atomic E-state index is 0.726. The number of hydrogen-bond acceptors (Lipinski definition) is 5. The highest BCUT2D eigenvalue weighted by atomic mass is 16.4. The fourth-order valence-electron chi connectivity index (χ4n) is 2.45. The van der Waals surface area contributed by atoms with Gasteiger partial charge < -0.3 is 19.5 Å². The van der Waals surface area contributed by atoms with E-state index in [2.05, 4.69) is 41.1 Å². The highest BCUT2D eigenvalue weighted by molar-refractivity contribution is 5.25. The van der Waals surface area contributed by atoms with E-state index >= 15 is 0 Å². The Labute approximate surface area is 109 Å². The molecule has 1 saturated heterocycles. The van der Waals surface area contributed by atoms with Gasteiger partial charge in [-0.3, -0.25) is 0 Å². The lowest BCUT2D eigenvalue weighted by atomic mass is 10.1. The summed E-state index contributed by atoms with van der Waals surface area (Å²) in [5.41, 5.74) is 0.974. The summed E-state index contributed by atoms with van der Waals surface area (Å²) in [5, 5.41) is 3.25. The van der Waals surface area contributed by atoms with Gasteiger partial charge in [-0.15, -0.1) is 0 Å². The molecular weight excluding hydrogens is 228 g/mol. The van der Waals surface area contributed by atoms with Crippen LogP contribution in [0.3, 0.4) is 0 Å². The van der Waals surface area contributed by atoms with Crippen LogP contribution in [-0.4, -0.2) is 50.2 Å². The zero-order valence-corrected chi connectivity index (χ0v) is 11.6. The van der Waals surface area contributed by atoms with E-state index in [9.17, 15) is 0 Å². The monoisotopic (exact) mass is 252 g/mol. The zero-order valence-electron chi connectivity index (χ0n) is 11.6. The number of aromatic nitrogens is 1. The Balaban J connectivity index is 1.84. The van der Waals surface area contributed by atoms with Crippen molar-refractivity contribution in [2.75, 3.05) is 45.2 Å². The molecule has 1 fully saturated rings. The largest absolute Gasteiger partial charge is 0.432 e. The van der Waals surface area contributed by atoms with Crippen LogP contribution >= 0.6 is 0 Å². The van der Waals surface area contributed by atoms with E-state index in [-0.39, 0.29) is 0 Å². The fraction of sp³-hybridized carbons (Fsp3) is 0.769. The molecule has 0 amide bonds. The standard InChI is InChI=1S/C13H24N4O/c1-4-14-7-12-10-18-13(15-12)17(3)9-11-5-6-16(2)8-11/h10-11,14H,4-9H2,1-3H3. The quantitative estimate of drug-likeness (QED) is 0.823. The number of oxazole rings is 1. The number of nitrogens with one attached hydrogen (secondary N) is 1. The molecule has 0 saturated carbocycles. The van der Waals surface area contributed by atoms with Gasteiger partial charge in [0.2, 0.25) is 0 Å². The van der Waals surface area contributed by atoms with Crippen molar-refractivity contribution in [1.82, 2.24) is 15.2 Å². The van der Waals surface area contributed by atoms with E-state index in [1.165, 1.54) is 19.5 Å². The summed E-state index contributed by atoms with van der Waals surface area (Å²) in [6.45, 7) is 7.21. The third-order valence-electron chi connectivity index (χ3n) is 3.44. The molecule has 1 atom stereocenters. The molecule has 18 heavy (non-hydrogen) atoms. The first-order chi connectivity index (χ1) is 8.69. The molecule has 0 spiro atoms. The summed E-state index contributed by atoms with van der Waals surface area (Å²) in [6, 6.07) is 0.734. The molecule has 2 heterocycles. The predicted octanol–water partition coefficient (Wildman–Crippen LogP) is 1.17. The molecule has 1 N–H and O–H groups in total. The van der Waals surface area contributed by atoms with E-state index in [0.29, 0.717) is 0 Å². The van der Waals surface area contributed by atoms with E-state index in [1.807, 2.05) is 0 Å². The average Bonchev–Trinajstić information content (AvgIpc) is 2.96. The molecule has 1 aromatic rings. The average molecular weight is 252 g/mol. The van der Waals surface area contributed by atoms with Crippen molar-refractivity contribution in [3.8, 4) is 0 Å². The Bertz CT molecular complexity index is 366. The maximum atomic E-state index is 5.52. The lowest BCUT2D eigenvalue weighted by molar-refractivity contribution is 0.393. The van der Waals surface area contributed by atoms with E-state index in [0.717, 1.165) is 37.3 Å². The van der Waals surface area contributed by atoms with Crippen LogP contribution in [0.15, 0.2) is 10.7 Å². The summed E-state index contributed by atoms with van der Waals surface area (Å²) in [4.78, 5) is 9.00. The van der Waals surface area contributed by atoms with Crippen LogP contribution in [0, 0.1) is 5.92 Å². The third-order valence-corrected chi connectivity index (χ3v) is 3.44. The Morgan fingerprint density at radius 3 is 3.11 bits per heavy atom. The molecule has 102 valence electrons. The van der Waals surface area contributed by atoms with Crippen LogP contribution in [0.1, 0.15) is 19.0 Å². The van der Waals surface area contributed by atoms with Crippen molar-refractivity contribution >= 4 is 6.01 Å². The second-order valence-corrected chi connectivity index (χ2v) is 5.20. The van der Waals surface area contributed by atoms with Crippen molar-refractivity contribution in [2.24, 2.45) is 5.92 Å². The van der Waals surface area contributed by atoms with Gasteiger partial charge in [-0.25, -0.2) is 0 Å². The van der Waals surface area contributed by atoms with Gasteiger partial charge in [-0.2, -0.15) is 4.98 Å². The van der Waals surface area contributed by atoms with Crippen molar-refractivity contribution in [2.45, 2.75) is 19.9 Å². The van der Waals surface area contributed by atoms with E-state index < -0.39 is 0 Å². The van der Waals surface area contributed by atoms with E-state index in [1.54, 1.807) is 6.26 Å². The van der Waals surface area contributed by atoms with Gasteiger partial charge in [0, 0.05) is 26.7 Å². The van der Waals surface area contributed by atoms with Crippen molar-refractivity contribution < 1.29 is 4.42 Å². The molecule has 0 radical (unpaired) electrons. The molecule has 2 rings (SSSR count). The van der Waals surface area contributed by atoms with Gasteiger partial charge in [0.25, 0.3) is 6.01 Å². The van der Waals surface area contributed by atoms with Gasteiger partial charge in [0.05, 0.1) is 5.69 Å². The molecule has 5 nitrogen and oxygen atoms in total. The van der Waals surface area contributed by atoms with Crippen LogP contribution in [0.5, 0.6) is 0 Å². The Hall–Kier alpha value is -1.07. The molecule has 1 unspecified atom stereocenters. The molecule has 5 heteroatoms. The molecular formula is C13H24N4O. The highest BCUT2D eigenvalue weighted by Gasteiger charge is 2.22. The first-order valence-electron chi connectivity index (χ1n) is 6.73. The SMILES string of the molecule is CCNCc1coc(N(C)CC2CCN(C)C2)n1. The van der Waals surface area contributed by atoms with Crippen LogP contribution in [0.4, 0.5) is 6.01 Å². The van der Waals surface area contributed by atoms with Gasteiger partial charge in [-0.05, 0) is 32.5 Å². The summed E-state index contributed by atoms with van der Waals surface area (Å²) in [7, 11) is 4.24. The van der Waals surface area contributed by atoms with Gasteiger partial charge >= 0.3 is 0 Å². The van der Waals surface area contributed by atoms with Gasteiger partial charge in [0.1, 0.15) is 6.26 Å². The Morgan fingerprint density at radius 1 is 1.61 bits per heavy atom. The second kappa shape index (κ2) is 6.20. The molecule has 1 aliphatic rings. The normalized spacial score (nSPS) is 20.5. The number of rotatable bonds is 6. The number of hydrogen-bond donors (Lipinski definition) is 1. The first kappa shape index (κ1) is 13.4. The van der Waals surface area contributed by atoms with Crippen LogP contribution in [0.25, 0.3) is 0 Å². The van der Waals surface area contributed by atoms with Gasteiger partial charge in [0.15, 0.2) is 0 Å². The lowest BCUT2D eigenvalue weighted by Crippen LogP contribution is -2.27. The van der Waals surface area contributed by atoms with E-state index in [4.69, 9.17) is 4.42 Å². The smallest absolute Gasteiger partial charge is 0.297 e. The summed E-state index contributed by atoms with van der Waals surface area (Å²) < 4.78 is 5.52. The topological polar surface area (TPSA) is 44.5 Å². The molecule has 0 aromatic carbocycles. The summed E-state index contributed by atoms with van der Waals surface area (Å²) >= 11 is 0. The second-order valence-electron chi connectivity index (χ2n) is 5.20. The number of nitrogens with zero attached hydrogens (tertiary/aromatic N) is 3. The molecule has 0 aliphatic carbocycles. The zero-order chi connectivity index (χ0) is 13.0. The van der Waals surface area contributed by atoms with Crippen LogP contribution in [0.2, 0.25) is 0 Å². The third kappa shape index (κ3) is 3.46. The number of likely N-dealkylation sites (tertiary alicyclic amines) is 1. The Kier molecular flexibility index (Phi) is 4.60. The molecule has 0 bridgehead atoms. The number of anilines is 1. The lowest BCUT2D eigenvalue weighted by Gasteiger charge is -2.19. The fourth-order valence-corrected chi connectivity index (χ4v) is 2.45. The predicted molar refractivity (Wildman–Crippen MR) is 72.8 cm³/mol. The molecule has 1 aliphatic heterocycles. The molecule has 1 aromatic heterocycles. The summed E-state index contributed by atoms with van der Waals surface area (Å²) in [6.07, 6.45) is 3.01. The van der Waals surface area contributed by atoms with Crippen LogP contribution in [-0.2, 0) is 6.54 Å². The highest BCUT2D eigenvalue weighted by Crippen LogP contribution is 2.19. The maximum absolute atomic E-state index is 5.52. The first-order valence-corrected chi connectivity index (χ1v) is 6.73.